The summed E-state index contributed by atoms with van der Waals surface area (Å²) in [5.74, 6) is 2.28. The van der Waals surface area contributed by atoms with Gasteiger partial charge in [-0.15, -0.1) is 0 Å². The van der Waals surface area contributed by atoms with Crippen molar-refractivity contribution in [2.75, 3.05) is 26.3 Å². The van der Waals surface area contributed by atoms with Crippen LogP contribution in [0.2, 0.25) is 0 Å². The molecule has 0 aliphatic heterocycles. The number of phenols is 2. The summed E-state index contributed by atoms with van der Waals surface area (Å²) in [6.07, 6.45) is -1.26. The van der Waals surface area contributed by atoms with Gasteiger partial charge in [0.2, 0.25) is 0 Å². The molecule has 268 valence electrons. The maximum atomic E-state index is 12.7. The first-order valence-corrected chi connectivity index (χ1v) is 17.5. The number of amides is 2. The summed E-state index contributed by atoms with van der Waals surface area (Å²) in [7, 11) is 0. The second kappa shape index (κ2) is 18.1. The summed E-state index contributed by atoms with van der Waals surface area (Å²) < 4.78 is 22.5. The van der Waals surface area contributed by atoms with Gasteiger partial charge in [0.05, 0.1) is 13.1 Å². The lowest BCUT2D eigenvalue weighted by atomic mass is 10.0. The Kier molecular flexibility index (Phi) is 12.3. The minimum absolute atomic E-state index is 0.116. The van der Waals surface area contributed by atoms with Gasteiger partial charge in [-0.05, 0) is 107 Å². The van der Waals surface area contributed by atoms with Crippen molar-refractivity contribution in [3.05, 3.63) is 146 Å². The maximum absolute atomic E-state index is 12.7. The van der Waals surface area contributed by atoms with Crippen molar-refractivity contribution >= 4 is 23.9 Å². The monoisotopic (exact) mass is 728 g/mol. The van der Waals surface area contributed by atoms with Crippen LogP contribution in [0.1, 0.15) is 0 Å². The van der Waals surface area contributed by atoms with Crippen LogP contribution in [0.15, 0.2) is 155 Å². The molecule has 6 aromatic carbocycles. The molecule has 6 aromatic rings. The highest BCUT2D eigenvalue weighted by Crippen LogP contribution is 2.43. The van der Waals surface area contributed by atoms with Crippen LogP contribution in [0.4, 0.5) is 9.59 Å². The number of benzene rings is 6. The minimum atomic E-state index is -0.628. The summed E-state index contributed by atoms with van der Waals surface area (Å²) in [5.41, 5.74) is 3.07. The fourth-order valence-electron chi connectivity index (χ4n) is 5.14. The van der Waals surface area contributed by atoms with Crippen LogP contribution >= 0.6 is 11.8 Å². The van der Waals surface area contributed by atoms with Gasteiger partial charge < -0.3 is 39.8 Å². The Labute approximate surface area is 310 Å². The first kappa shape index (κ1) is 36.2. The van der Waals surface area contributed by atoms with E-state index in [0.29, 0.717) is 23.0 Å². The van der Waals surface area contributed by atoms with E-state index in [0.717, 1.165) is 32.0 Å². The van der Waals surface area contributed by atoms with Crippen molar-refractivity contribution in [2.24, 2.45) is 0 Å². The van der Waals surface area contributed by atoms with Gasteiger partial charge in [-0.2, -0.15) is 0 Å². The second-order valence-electron chi connectivity index (χ2n) is 11.5. The van der Waals surface area contributed by atoms with Crippen molar-refractivity contribution in [2.45, 2.75) is 9.79 Å². The molecule has 10 nitrogen and oxygen atoms in total. The van der Waals surface area contributed by atoms with Gasteiger partial charge in [-0.1, -0.05) is 72.4 Å². The highest BCUT2D eigenvalue weighted by atomic mass is 32.2. The number of hydrogen-bond acceptors (Lipinski definition) is 9. The molecule has 0 saturated carbocycles. The third-order valence-corrected chi connectivity index (χ3v) is 8.82. The largest absolute Gasteiger partial charge is 0.508 e. The molecule has 0 heterocycles. The van der Waals surface area contributed by atoms with Gasteiger partial charge in [-0.3, -0.25) is 0 Å². The van der Waals surface area contributed by atoms with Crippen molar-refractivity contribution < 1.29 is 38.7 Å². The standard InChI is InChI=1S/C42H36N2O8S/c45-31-15-11-29(12-16-31)37-27-35(51-41(47)43-23-25-49-33-7-3-1-4-8-33)19-21-39(37)53-40-22-20-36(28-38(40)30-13-17-32(46)18-14-30)52-42(48)44-24-26-50-34-9-5-2-6-10-34/h1-22,27-28,45-46H,23-26H2,(H,43,47)(H,44,48). The quantitative estimate of drug-likeness (QED) is 0.0811. The van der Waals surface area contributed by atoms with Crippen molar-refractivity contribution in [1.29, 1.82) is 0 Å². The van der Waals surface area contributed by atoms with Crippen LogP contribution in [-0.4, -0.2) is 48.7 Å². The Morgan fingerprint density at radius 2 is 0.887 bits per heavy atom. The summed E-state index contributed by atoms with van der Waals surface area (Å²) in [6, 6.07) is 42.7. The fraction of sp³-hybridized carbons (Fsp3) is 0.0952. The molecule has 11 heteroatoms. The molecule has 0 aromatic heterocycles. The molecule has 0 bridgehead atoms. The topological polar surface area (TPSA) is 136 Å². The van der Waals surface area contributed by atoms with Gasteiger partial charge in [-0.25, -0.2) is 9.59 Å². The molecular weight excluding hydrogens is 693 g/mol. The number of para-hydroxylation sites is 2. The first-order valence-electron chi connectivity index (χ1n) is 16.7. The molecule has 0 atom stereocenters. The zero-order valence-electron chi connectivity index (χ0n) is 28.4. The average molecular weight is 729 g/mol. The molecule has 6 rings (SSSR count). The normalized spacial score (nSPS) is 10.6. The molecule has 53 heavy (non-hydrogen) atoms. The Bertz CT molecular complexity index is 1960. The predicted molar refractivity (Wildman–Crippen MR) is 203 cm³/mol. The molecule has 0 aliphatic carbocycles. The van der Waals surface area contributed by atoms with Crippen LogP contribution in [0, 0.1) is 0 Å². The Morgan fingerprint density at radius 1 is 0.491 bits per heavy atom. The van der Waals surface area contributed by atoms with E-state index in [4.69, 9.17) is 18.9 Å². The lowest BCUT2D eigenvalue weighted by Crippen LogP contribution is -2.30. The number of carbonyl (C=O) groups is 2. The second-order valence-corrected chi connectivity index (χ2v) is 12.6. The fourth-order valence-corrected chi connectivity index (χ4v) is 6.22. The summed E-state index contributed by atoms with van der Waals surface area (Å²) in [6.45, 7) is 1.04. The molecule has 0 spiro atoms. The molecule has 4 N–H and O–H groups in total. The maximum Gasteiger partial charge on any atom is 0.412 e. The van der Waals surface area contributed by atoms with Crippen LogP contribution in [0.5, 0.6) is 34.5 Å². The Balaban J connectivity index is 1.18. The summed E-state index contributed by atoms with van der Waals surface area (Å²) in [5, 5.41) is 25.4. The van der Waals surface area contributed by atoms with Gasteiger partial charge in [0, 0.05) is 9.79 Å². The molecule has 2 amide bonds. The van der Waals surface area contributed by atoms with Gasteiger partial charge in [0.15, 0.2) is 0 Å². The molecule has 0 saturated heterocycles. The van der Waals surface area contributed by atoms with Gasteiger partial charge >= 0.3 is 12.2 Å². The van der Waals surface area contributed by atoms with E-state index < -0.39 is 12.2 Å². The van der Waals surface area contributed by atoms with Crippen LogP contribution in [-0.2, 0) is 0 Å². The third kappa shape index (κ3) is 10.7. The Hall–Kier alpha value is -6.59. The molecule has 0 radical (unpaired) electrons. The van der Waals surface area contributed by atoms with Gasteiger partial charge in [0.1, 0.15) is 47.7 Å². The number of aromatic hydroxyl groups is 2. The third-order valence-electron chi connectivity index (χ3n) is 7.67. The van der Waals surface area contributed by atoms with Crippen LogP contribution < -0.4 is 29.6 Å². The zero-order chi connectivity index (χ0) is 36.8. The van der Waals surface area contributed by atoms with Crippen LogP contribution in [0.3, 0.4) is 0 Å². The lowest BCUT2D eigenvalue weighted by Gasteiger charge is -2.16. The predicted octanol–water partition coefficient (Wildman–Crippen LogP) is 8.92. The number of carbonyl (C=O) groups excluding carboxylic acids is 2. The number of phenolic OH excluding ortho intramolecular Hbond substituents is 2. The highest BCUT2D eigenvalue weighted by Gasteiger charge is 2.16. The Morgan fingerprint density at radius 3 is 1.28 bits per heavy atom. The van der Waals surface area contributed by atoms with E-state index in [1.165, 1.54) is 11.8 Å². The van der Waals surface area contributed by atoms with Crippen LogP contribution in [0.25, 0.3) is 22.3 Å². The minimum Gasteiger partial charge on any atom is -0.508 e. The molecule has 0 fully saturated rings. The van der Waals surface area contributed by atoms with Crippen molar-refractivity contribution in [3.63, 3.8) is 0 Å². The van der Waals surface area contributed by atoms with E-state index in [1.807, 2.05) is 72.8 Å². The van der Waals surface area contributed by atoms with E-state index in [1.54, 1.807) is 72.8 Å². The number of nitrogens with one attached hydrogen (secondary N) is 2. The highest BCUT2D eigenvalue weighted by molar-refractivity contribution is 7.99. The lowest BCUT2D eigenvalue weighted by molar-refractivity contribution is 0.196. The van der Waals surface area contributed by atoms with Crippen molar-refractivity contribution in [1.82, 2.24) is 10.6 Å². The van der Waals surface area contributed by atoms with E-state index in [2.05, 4.69) is 10.6 Å². The number of hydrogen-bond donors (Lipinski definition) is 4. The smallest absolute Gasteiger partial charge is 0.412 e. The average Bonchev–Trinajstić information content (AvgIpc) is 3.18. The van der Waals surface area contributed by atoms with E-state index in [-0.39, 0.29) is 37.8 Å². The SMILES string of the molecule is O=C(NCCOc1ccccc1)Oc1ccc(Sc2ccc(OC(=O)NCCOc3ccccc3)cc2-c2ccc(O)cc2)c(-c2ccc(O)cc2)c1. The molecule has 0 aliphatic rings. The summed E-state index contributed by atoms with van der Waals surface area (Å²) in [4.78, 5) is 27.0. The zero-order valence-corrected chi connectivity index (χ0v) is 29.3. The van der Waals surface area contributed by atoms with Crippen molar-refractivity contribution in [3.8, 4) is 56.8 Å². The number of ether oxygens (including phenoxy) is 4. The molecular formula is C42H36N2O8S. The van der Waals surface area contributed by atoms with Gasteiger partial charge in [0.25, 0.3) is 0 Å². The van der Waals surface area contributed by atoms with E-state index in [9.17, 15) is 19.8 Å². The van der Waals surface area contributed by atoms with E-state index >= 15 is 0 Å². The number of rotatable bonds is 14. The summed E-state index contributed by atoms with van der Waals surface area (Å²) >= 11 is 1.45. The first-order chi connectivity index (χ1) is 25.9. The molecule has 0 unspecified atom stereocenters.